The van der Waals surface area contributed by atoms with Gasteiger partial charge in [-0.2, -0.15) is 0 Å². The van der Waals surface area contributed by atoms with Gasteiger partial charge in [0.2, 0.25) is 0 Å². The number of rotatable bonds is 7. The summed E-state index contributed by atoms with van der Waals surface area (Å²) in [6, 6.07) is 0.517. The monoisotopic (exact) mass is 365 g/mol. The van der Waals surface area contributed by atoms with Gasteiger partial charge in [0.1, 0.15) is 0 Å². The Kier molecular flexibility index (Phi) is 8.16. The van der Waals surface area contributed by atoms with Gasteiger partial charge in [-0.15, -0.1) is 11.3 Å². The zero-order valence-corrected chi connectivity index (χ0v) is 17.3. The zero-order valence-electron chi connectivity index (χ0n) is 16.5. The van der Waals surface area contributed by atoms with Crippen LogP contribution in [0.2, 0.25) is 0 Å². The van der Waals surface area contributed by atoms with Crippen LogP contribution in [0, 0.1) is 5.92 Å². The van der Waals surface area contributed by atoms with E-state index in [9.17, 15) is 0 Å². The molecule has 0 aromatic carbocycles. The Morgan fingerprint density at radius 2 is 2.04 bits per heavy atom. The quantitative estimate of drug-likeness (QED) is 0.574. The van der Waals surface area contributed by atoms with Crippen molar-refractivity contribution in [3.63, 3.8) is 0 Å². The minimum Gasteiger partial charge on any atom is -0.357 e. The largest absolute Gasteiger partial charge is 0.357 e. The number of nitrogens with one attached hydrogen (secondary N) is 2. The van der Waals surface area contributed by atoms with E-state index in [-0.39, 0.29) is 0 Å². The third-order valence-corrected chi connectivity index (χ3v) is 5.55. The number of nitrogens with zero attached hydrogens (tertiary/aromatic N) is 3. The van der Waals surface area contributed by atoms with E-state index in [2.05, 4.69) is 60.5 Å². The lowest BCUT2D eigenvalue weighted by molar-refractivity contribution is 0.187. The third kappa shape index (κ3) is 6.94. The van der Waals surface area contributed by atoms with Crippen molar-refractivity contribution in [3.8, 4) is 0 Å². The number of likely N-dealkylation sites (tertiary alicyclic amines) is 1. The summed E-state index contributed by atoms with van der Waals surface area (Å²) in [5, 5.41) is 10.3. The molecule has 2 rings (SSSR count). The van der Waals surface area contributed by atoms with Crippen LogP contribution in [0.4, 0.5) is 0 Å². The van der Waals surface area contributed by atoms with E-state index in [1.807, 2.05) is 0 Å². The first-order valence-corrected chi connectivity index (χ1v) is 10.6. The number of guanidine groups is 1. The Hall–Kier alpha value is -1.14. The molecule has 6 heteroatoms. The predicted octanol–water partition coefficient (Wildman–Crippen LogP) is 3.44. The maximum Gasteiger partial charge on any atom is 0.191 e. The summed E-state index contributed by atoms with van der Waals surface area (Å²) in [6.07, 6.45) is 2.37. The van der Waals surface area contributed by atoms with Crippen molar-refractivity contribution < 1.29 is 0 Å². The smallest absolute Gasteiger partial charge is 0.191 e. The van der Waals surface area contributed by atoms with E-state index >= 15 is 0 Å². The first-order chi connectivity index (χ1) is 12.0. The highest BCUT2D eigenvalue weighted by Crippen LogP contribution is 2.19. The molecule has 25 heavy (non-hydrogen) atoms. The standard InChI is InChI=1S/C19H35N5S/c1-6-20-19(21-11-17-13-25-18(22-17)15(4)5)23-16-7-9-24(10-8-16)12-14(2)3/h13-16H,6-12H2,1-5H3,(H2,20,21,23). The fraction of sp³-hybridized carbons (Fsp3) is 0.789. The minimum absolute atomic E-state index is 0.491. The lowest BCUT2D eigenvalue weighted by Crippen LogP contribution is -2.49. The van der Waals surface area contributed by atoms with Crippen molar-refractivity contribution in [2.24, 2.45) is 10.9 Å². The Balaban J connectivity index is 1.85. The Labute approximate surface area is 157 Å². The molecule has 0 unspecified atom stereocenters. The van der Waals surface area contributed by atoms with Crippen LogP contribution in [0.3, 0.4) is 0 Å². The van der Waals surface area contributed by atoms with Crippen molar-refractivity contribution in [3.05, 3.63) is 16.1 Å². The molecule has 1 aliphatic heterocycles. The lowest BCUT2D eigenvalue weighted by atomic mass is 10.0. The predicted molar refractivity (Wildman–Crippen MR) is 108 cm³/mol. The zero-order chi connectivity index (χ0) is 18.2. The van der Waals surface area contributed by atoms with Crippen LogP contribution in [-0.4, -0.2) is 48.1 Å². The van der Waals surface area contributed by atoms with E-state index in [0.29, 0.717) is 18.5 Å². The summed E-state index contributed by atoms with van der Waals surface area (Å²) in [7, 11) is 0. The second-order valence-electron chi connectivity index (χ2n) is 7.64. The molecule has 0 spiro atoms. The summed E-state index contributed by atoms with van der Waals surface area (Å²) in [5.41, 5.74) is 1.07. The van der Waals surface area contributed by atoms with E-state index in [1.54, 1.807) is 11.3 Å². The molecule has 5 nitrogen and oxygen atoms in total. The maximum atomic E-state index is 4.74. The molecular formula is C19H35N5S. The molecule has 2 heterocycles. The molecule has 2 N–H and O–H groups in total. The third-order valence-electron chi connectivity index (χ3n) is 4.36. The molecule has 1 fully saturated rings. The van der Waals surface area contributed by atoms with Crippen LogP contribution in [0.1, 0.15) is 64.1 Å². The van der Waals surface area contributed by atoms with Crippen molar-refractivity contribution in [2.45, 2.75) is 66.0 Å². The van der Waals surface area contributed by atoms with Gasteiger partial charge in [0, 0.05) is 43.5 Å². The normalized spacial score (nSPS) is 17.5. The van der Waals surface area contributed by atoms with E-state index < -0.39 is 0 Å². The van der Waals surface area contributed by atoms with Crippen LogP contribution in [-0.2, 0) is 6.54 Å². The SMILES string of the molecule is CCNC(=NCc1csc(C(C)C)n1)NC1CCN(CC(C)C)CC1. The molecule has 0 aliphatic carbocycles. The van der Waals surface area contributed by atoms with Crippen LogP contribution in [0.25, 0.3) is 0 Å². The van der Waals surface area contributed by atoms with Gasteiger partial charge in [-0.3, -0.25) is 0 Å². The Morgan fingerprint density at radius 3 is 2.60 bits per heavy atom. The Morgan fingerprint density at radius 1 is 1.32 bits per heavy atom. The summed E-state index contributed by atoms with van der Waals surface area (Å²) < 4.78 is 0. The van der Waals surface area contributed by atoms with Crippen molar-refractivity contribution >= 4 is 17.3 Å². The van der Waals surface area contributed by atoms with Gasteiger partial charge in [0.05, 0.1) is 17.2 Å². The topological polar surface area (TPSA) is 52.6 Å². The van der Waals surface area contributed by atoms with Crippen LogP contribution < -0.4 is 10.6 Å². The van der Waals surface area contributed by atoms with Crippen LogP contribution in [0.5, 0.6) is 0 Å². The molecule has 1 aliphatic rings. The molecule has 1 aromatic heterocycles. The molecule has 0 saturated carbocycles. The summed E-state index contributed by atoms with van der Waals surface area (Å²) >= 11 is 1.74. The van der Waals surface area contributed by atoms with Gasteiger partial charge in [-0.25, -0.2) is 9.98 Å². The van der Waals surface area contributed by atoms with E-state index in [0.717, 1.165) is 24.1 Å². The summed E-state index contributed by atoms with van der Waals surface area (Å²) in [5.74, 6) is 2.16. The number of piperidine rings is 1. The summed E-state index contributed by atoms with van der Waals surface area (Å²) in [4.78, 5) is 12.0. The first kappa shape index (κ1) is 20.2. The number of hydrogen-bond donors (Lipinski definition) is 2. The maximum absolute atomic E-state index is 4.74. The lowest BCUT2D eigenvalue weighted by Gasteiger charge is -2.34. The highest BCUT2D eigenvalue weighted by molar-refractivity contribution is 7.09. The number of thiazole rings is 1. The Bertz CT molecular complexity index is 530. The molecule has 0 bridgehead atoms. The highest BCUT2D eigenvalue weighted by Gasteiger charge is 2.20. The van der Waals surface area contributed by atoms with E-state index in [1.165, 1.54) is 37.5 Å². The molecule has 1 saturated heterocycles. The minimum atomic E-state index is 0.491. The second kappa shape index (κ2) is 10.1. The fourth-order valence-corrected chi connectivity index (χ4v) is 3.94. The average Bonchev–Trinajstić information content (AvgIpc) is 3.03. The van der Waals surface area contributed by atoms with Gasteiger partial charge < -0.3 is 15.5 Å². The second-order valence-corrected chi connectivity index (χ2v) is 8.53. The first-order valence-electron chi connectivity index (χ1n) is 9.69. The number of aromatic nitrogens is 1. The van der Waals surface area contributed by atoms with Gasteiger partial charge in [-0.05, 0) is 25.7 Å². The molecule has 0 atom stereocenters. The highest BCUT2D eigenvalue weighted by atomic mass is 32.1. The van der Waals surface area contributed by atoms with E-state index in [4.69, 9.17) is 4.99 Å². The molecule has 0 radical (unpaired) electrons. The van der Waals surface area contributed by atoms with Crippen LogP contribution >= 0.6 is 11.3 Å². The number of aliphatic imine (C=N–C) groups is 1. The molecule has 1 aromatic rings. The molecular weight excluding hydrogens is 330 g/mol. The fourth-order valence-electron chi connectivity index (χ4n) is 3.11. The van der Waals surface area contributed by atoms with Gasteiger partial charge in [0.25, 0.3) is 0 Å². The van der Waals surface area contributed by atoms with Gasteiger partial charge >= 0.3 is 0 Å². The van der Waals surface area contributed by atoms with Crippen molar-refractivity contribution in [2.75, 3.05) is 26.2 Å². The van der Waals surface area contributed by atoms with Crippen molar-refractivity contribution in [1.82, 2.24) is 20.5 Å². The number of hydrogen-bond acceptors (Lipinski definition) is 4. The summed E-state index contributed by atoms with van der Waals surface area (Å²) in [6.45, 7) is 16.2. The molecule has 142 valence electrons. The van der Waals surface area contributed by atoms with Crippen molar-refractivity contribution in [1.29, 1.82) is 0 Å². The van der Waals surface area contributed by atoms with Gasteiger partial charge in [-0.1, -0.05) is 27.7 Å². The average molecular weight is 366 g/mol. The van der Waals surface area contributed by atoms with Gasteiger partial charge in [0.15, 0.2) is 5.96 Å². The molecule has 0 amide bonds. The van der Waals surface area contributed by atoms with Crippen LogP contribution in [0.15, 0.2) is 10.4 Å².